The van der Waals surface area contributed by atoms with E-state index in [2.05, 4.69) is 27.2 Å². The molecule has 0 amide bonds. The van der Waals surface area contributed by atoms with Crippen LogP contribution in [0.2, 0.25) is 0 Å². The van der Waals surface area contributed by atoms with Crippen LogP contribution in [0.15, 0.2) is 6.20 Å². The highest BCUT2D eigenvalue weighted by Gasteiger charge is 2.10. The summed E-state index contributed by atoms with van der Waals surface area (Å²) in [5.74, 6) is 1.53. The van der Waals surface area contributed by atoms with Crippen molar-refractivity contribution >= 4 is 23.5 Å². The summed E-state index contributed by atoms with van der Waals surface area (Å²) in [6.45, 7) is 2.92. The fraction of sp³-hybridized carbons (Fsp3) is 0.800. The fourth-order valence-corrected chi connectivity index (χ4v) is 2.41. The monoisotopic (exact) mass is 277 g/mol. The molecule has 0 aliphatic rings. The second-order valence-electron chi connectivity index (χ2n) is 3.68. The molecule has 0 fully saturated rings. The van der Waals surface area contributed by atoms with E-state index in [1.165, 1.54) is 0 Å². The number of hydrogen-bond acceptors (Lipinski definition) is 7. The van der Waals surface area contributed by atoms with Crippen molar-refractivity contribution in [3.05, 3.63) is 6.20 Å². The van der Waals surface area contributed by atoms with Crippen LogP contribution < -0.4 is 10.1 Å². The summed E-state index contributed by atoms with van der Waals surface area (Å²) in [6.07, 6.45) is 4.17. The van der Waals surface area contributed by atoms with Crippen molar-refractivity contribution < 1.29 is 9.84 Å². The maximum Gasteiger partial charge on any atom is 0.245 e. The standard InChI is InChI=1S/C10H19N3O2S2/c1-3-8(7-16-2)11-4-9(14)6-15-10-5-12-17-13-10/h5,8-9,11,14H,3-4,6-7H2,1-2H3. The lowest BCUT2D eigenvalue weighted by Gasteiger charge is -2.18. The SMILES string of the molecule is CCC(CSC)NCC(O)COc1cnsn1. The van der Waals surface area contributed by atoms with E-state index >= 15 is 0 Å². The van der Waals surface area contributed by atoms with Gasteiger partial charge in [-0.2, -0.15) is 16.1 Å². The number of rotatable bonds is 9. The summed E-state index contributed by atoms with van der Waals surface area (Å²) in [7, 11) is 0. The summed E-state index contributed by atoms with van der Waals surface area (Å²) in [4.78, 5) is 0. The van der Waals surface area contributed by atoms with Crippen molar-refractivity contribution in [1.29, 1.82) is 0 Å². The van der Waals surface area contributed by atoms with Gasteiger partial charge in [-0.05, 0) is 12.7 Å². The topological polar surface area (TPSA) is 67.3 Å². The zero-order chi connectivity index (χ0) is 12.5. The first kappa shape index (κ1) is 14.7. The van der Waals surface area contributed by atoms with Gasteiger partial charge in [0.1, 0.15) is 18.9 Å². The van der Waals surface area contributed by atoms with Crippen molar-refractivity contribution in [3.63, 3.8) is 0 Å². The molecular weight excluding hydrogens is 258 g/mol. The average molecular weight is 277 g/mol. The summed E-state index contributed by atoms with van der Waals surface area (Å²) >= 11 is 2.90. The van der Waals surface area contributed by atoms with E-state index in [4.69, 9.17) is 4.74 Å². The number of nitrogens with zero attached hydrogens (tertiary/aromatic N) is 2. The van der Waals surface area contributed by atoms with Crippen LogP contribution in [0.4, 0.5) is 0 Å². The molecule has 0 aliphatic carbocycles. The molecular formula is C10H19N3O2S2. The molecule has 98 valence electrons. The normalized spacial score (nSPS) is 14.5. The Morgan fingerprint density at radius 3 is 3.06 bits per heavy atom. The number of aromatic nitrogens is 2. The minimum absolute atomic E-state index is 0.244. The number of nitrogens with one attached hydrogen (secondary N) is 1. The molecule has 1 aromatic rings. The number of aliphatic hydroxyl groups is 1. The van der Waals surface area contributed by atoms with Crippen molar-refractivity contribution in [1.82, 2.24) is 14.1 Å². The highest BCUT2D eigenvalue weighted by atomic mass is 32.2. The van der Waals surface area contributed by atoms with Gasteiger partial charge < -0.3 is 15.2 Å². The first-order chi connectivity index (χ1) is 8.26. The van der Waals surface area contributed by atoms with Crippen LogP contribution in [-0.2, 0) is 0 Å². The van der Waals surface area contributed by atoms with Crippen molar-refractivity contribution in [2.75, 3.05) is 25.2 Å². The second-order valence-corrected chi connectivity index (χ2v) is 5.15. The molecule has 2 atom stereocenters. The molecule has 17 heavy (non-hydrogen) atoms. The Labute approximate surface area is 110 Å². The third-order valence-corrected chi connectivity index (χ3v) is 3.46. The summed E-state index contributed by atoms with van der Waals surface area (Å²) in [5.41, 5.74) is 0. The molecule has 5 nitrogen and oxygen atoms in total. The van der Waals surface area contributed by atoms with Crippen LogP contribution in [0.5, 0.6) is 5.88 Å². The third-order valence-electron chi connectivity index (χ3n) is 2.27. The van der Waals surface area contributed by atoms with Gasteiger partial charge in [0, 0.05) is 18.3 Å². The zero-order valence-corrected chi connectivity index (χ0v) is 11.8. The maximum atomic E-state index is 9.72. The van der Waals surface area contributed by atoms with Crippen LogP contribution in [0.1, 0.15) is 13.3 Å². The van der Waals surface area contributed by atoms with Crippen molar-refractivity contribution in [2.45, 2.75) is 25.5 Å². The number of aliphatic hydroxyl groups excluding tert-OH is 1. The predicted octanol–water partition coefficient (Wildman–Crippen LogP) is 1.01. The summed E-state index contributed by atoms with van der Waals surface area (Å²) in [5, 5.41) is 13.0. The van der Waals surface area contributed by atoms with Gasteiger partial charge in [-0.15, -0.1) is 4.37 Å². The summed E-state index contributed by atoms with van der Waals surface area (Å²) in [6, 6.07) is 0.445. The molecule has 0 bridgehead atoms. The van der Waals surface area contributed by atoms with Crippen LogP contribution in [-0.4, -0.2) is 51.2 Å². The minimum atomic E-state index is -0.521. The molecule has 7 heteroatoms. The quantitative estimate of drug-likeness (QED) is 0.702. The Balaban J connectivity index is 2.13. The van der Waals surface area contributed by atoms with Gasteiger partial charge in [0.15, 0.2) is 0 Å². The molecule has 1 aromatic heterocycles. The Morgan fingerprint density at radius 1 is 1.65 bits per heavy atom. The molecule has 0 saturated carbocycles. The molecule has 0 spiro atoms. The first-order valence-electron chi connectivity index (χ1n) is 5.57. The number of thioether (sulfide) groups is 1. The fourth-order valence-electron chi connectivity index (χ4n) is 1.29. The molecule has 2 unspecified atom stereocenters. The van der Waals surface area contributed by atoms with Gasteiger partial charge in [0.05, 0.1) is 11.7 Å². The smallest absolute Gasteiger partial charge is 0.245 e. The molecule has 1 heterocycles. The van der Waals surface area contributed by atoms with Crippen LogP contribution in [0.25, 0.3) is 0 Å². The van der Waals surface area contributed by atoms with E-state index in [9.17, 15) is 5.11 Å². The number of hydrogen-bond donors (Lipinski definition) is 2. The lowest BCUT2D eigenvalue weighted by atomic mass is 10.2. The van der Waals surface area contributed by atoms with Gasteiger partial charge in [0.2, 0.25) is 5.88 Å². The lowest BCUT2D eigenvalue weighted by Crippen LogP contribution is -2.39. The largest absolute Gasteiger partial charge is 0.473 e. The average Bonchev–Trinajstić information content (AvgIpc) is 2.85. The molecule has 0 saturated heterocycles. The Hall–Kier alpha value is -0.370. The Bertz CT molecular complexity index is 285. The Kier molecular flexibility index (Phi) is 7.50. The van der Waals surface area contributed by atoms with E-state index in [0.29, 0.717) is 18.5 Å². The maximum absolute atomic E-state index is 9.72. The van der Waals surface area contributed by atoms with Crippen LogP contribution >= 0.6 is 23.5 Å². The van der Waals surface area contributed by atoms with Gasteiger partial charge >= 0.3 is 0 Å². The zero-order valence-electron chi connectivity index (χ0n) is 10.1. The van der Waals surface area contributed by atoms with E-state index in [0.717, 1.165) is 23.9 Å². The highest BCUT2D eigenvalue weighted by molar-refractivity contribution is 7.98. The molecule has 1 rings (SSSR count). The molecule has 0 aromatic carbocycles. The van der Waals surface area contributed by atoms with Gasteiger partial charge in [0.25, 0.3) is 0 Å². The molecule has 2 N–H and O–H groups in total. The van der Waals surface area contributed by atoms with Gasteiger partial charge in [-0.1, -0.05) is 6.92 Å². The van der Waals surface area contributed by atoms with E-state index < -0.39 is 6.10 Å². The second kappa shape index (κ2) is 8.68. The van der Waals surface area contributed by atoms with Crippen molar-refractivity contribution in [3.8, 4) is 5.88 Å². The van der Waals surface area contributed by atoms with Gasteiger partial charge in [-0.25, -0.2) is 0 Å². The van der Waals surface area contributed by atoms with Crippen LogP contribution in [0.3, 0.4) is 0 Å². The van der Waals surface area contributed by atoms with E-state index in [1.54, 1.807) is 18.0 Å². The third kappa shape index (κ3) is 6.21. The summed E-state index contributed by atoms with van der Waals surface area (Å²) < 4.78 is 13.0. The first-order valence-corrected chi connectivity index (χ1v) is 7.69. The predicted molar refractivity (Wildman–Crippen MR) is 71.9 cm³/mol. The van der Waals surface area contributed by atoms with Gasteiger partial charge in [-0.3, -0.25) is 0 Å². The van der Waals surface area contributed by atoms with Crippen molar-refractivity contribution in [2.24, 2.45) is 0 Å². The number of ether oxygens (including phenoxy) is 1. The minimum Gasteiger partial charge on any atom is -0.473 e. The highest BCUT2D eigenvalue weighted by Crippen LogP contribution is 2.05. The van der Waals surface area contributed by atoms with E-state index in [-0.39, 0.29) is 6.61 Å². The van der Waals surface area contributed by atoms with E-state index in [1.807, 2.05) is 0 Å². The Morgan fingerprint density at radius 2 is 2.47 bits per heavy atom. The molecule has 0 radical (unpaired) electrons. The lowest BCUT2D eigenvalue weighted by molar-refractivity contribution is 0.102. The molecule has 0 aliphatic heterocycles. The van der Waals surface area contributed by atoms with Crippen LogP contribution in [0, 0.1) is 0 Å².